The quantitative estimate of drug-likeness (QED) is 0.316. The average molecular weight is 508 g/mol. The summed E-state index contributed by atoms with van der Waals surface area (Å²) in [7, 11) is -2.41. The first kappa shape index (κ1) is 22.4. The van der Waals surface area contributed by atoms with E-state index in [1.54, 1.807) is 25.2 Å². The Morgan fingerprint density at radius 1 is 1.15 bits per heavy atom. The summed E-state index contributed by atoms with van der Waals surface area (Å²) in [6, 6.07) is 6.43. The summed E-state index contributed by atoms with van der Waals surface area (Å²) in [6.45, 7) is 0. The molecular weight excluding hydrogens is 494 g/mol. The van der Waals surface area contributed by atoms with Crippen LogP contribution in [-0.2, 0) is 10.0 Å². The molecule has 4 rings (SSSR count). The Morgan fingerprint density at radius 3 is 2.58 bits per heavy atom. The van der Waals surface area contributed by atoms with Crippen molar-refractivity contribution in [1.82, 2.24) is 24.2 Å². The normalized spacial score (nSPS) is 11.3. The molecule has 0 aliphatic heterocycles. The number of fused-ring (bicyclic) bond motifs is 1. The smallest absolute Gasteiger partial charge is 0.334 e. The molecule has 33 heavy (non-hydrogen) atoms. The van der Waals surface area contributed by atoms with E-state index in [1.165, 1.54) is 12.1 Å². The minimum Gasteiger partial charge on any atom is -0.388 e. The van der Waals surface area contributed by atoms with Gasteiger partial charge in [-0.15, -0.1) is 11.3 Å². The molecule has 170 valence electrons. The molecule has 0 spiro atoms. The van der Waals surface area contributed by atoms with Crippen molar-refractivity contribution in [1.29, 1.82) is 0 Å². The molecule has 0 saturated heterocycles. The number of hydrogen-bond donors (Lipinski definition) is 4. The fraction of sp³-hybridized carbons (Fsp3) is 0.0556. The Labute approximate surface area is 194 Å². The zero-order valence-corrected chi connectivity index (χ0v) is 19.0. The van der Waals surface area contributed by atoms with Gasteiger partial charge in [-0.05, 0) is 30.3 Å². The summed E-state index contributed by atoms with van der Waals surface area (Å²) in [5.74, 6) is -0.202. The highest BCUT2D eigenvalue weighted by Crippen LogP contribution is 2.25. The van der Waals surface area contributed by atoms with Gasteiger partial charge in [0.25, 0.3) is 15.6 Å². The lowest BCUT2D eigenvalue weighted by Crippen LogP contribution is -2.35. The SMILES string of the molecule is CNc1ccc2c(=O)n(-c3cnc(NC(=O)NS(=O)(=O)c4ccc(Cl)s4)cn3)c(=O)[nH]c2c1. The van der Waals surface area contributed by atoms with Gasteiger partial charge >= 0.3 is 11.7 Å². The van der Waals surface area contributed by atoms with Crippen LogP contribution in [0.1, 0.15) is 0 Å². The average Bonchev–Trinajstić information content (AvgIpc) is 3.21. The number of benzene rings is 1. The molecular formula is C18H14ClN7O5S2. The highest BCUT2D eigenvalue weighted by Gasteiger charge is 2.20. The van der Waals surface area contributed by atoms with E-state index in [9.17, 15) is 22.8 Å². The van der Waals surface area contributed by atoms with E-state index in [2.05, 4.69) is 25.6 Å². The Morgan fingerprint density at radius 2 is 1.94 bits per heavy atom. The molecule has 0 fully saturated rings. The molecule has 2 amide bonds. The minimum atomic E-state index is -4.12. The van der Waals surface area contributed by atoms with E-state index in [-0.39, 0.29) is 25.6 Å². The van der Waals surface area contributed by atoms with E-state index in [1.807, 2.05) is 4.72 Å². The Kier molecular flexibility index (Phi) is 5.88. The molecule has 0 unspecified atom stereocenters. The van der Waals surface area contributed by atoms with Crippen molar-refractivity contribution in [3.05, 3.63) is 67.9 Å². The molecule has 0 atom stereocenters. The molecule has 0 saturated carbocycles. The molecule has 1 aromatic carbocycles. The van der Waals surface area contributed by atoms with Crippen molar-refractivity contribution >= 4 is 61.4 Å². The molecule has 12 nitrogen and oxygen atoms in total. The van der Waals surface area contributed by atoms with Crippen LogP contribution in [0.5, 0.6) is 0 Å². The topological polar surface area (TPSA) is 168 Å². The van der Waals surface area contributed by atoms with E-state index in [0.717, 1.165) is 28.3 Å². The molecule has 15 heteroatoms. The second-order valence-corrected chi connectivity index (χ2v) is 10.1. The Balaban J connectivity index is 1.56. The summed E-state index contributed by atoms with van der Waals surface area (Å²) in [6.07, 6.45) is 2.16. The number of aromatic amines is 1. The Hall–Kier alpha value is -3.75. The largest absolute Gasteiger partial charge is 0.388 e. The van der Waals surface area contributed by atoms with E-state index >= 15 is 0 Å². The van der Waals surface area contributed by atoms with Gasteiger partial charge in [0.05, 0.1) is 27.6 Å². The van der Waals surface area contributed by atoms with Gasteiger partial charge in [-0.2, -0.15) is 0 Å². The van der Waals surface area contributed by atoms with Crippen LogP contribution >= 0.6 is 22.9 Å². The molecule has 0 radical (unpaired) electrons. The maximum atomic E-state index is 12.8. The number of carbonyl (C=O) groups excluding carboxylic acids is 1. The molecule has 0 aliphatic rings. The number of hydrogen-bond acceptors (Lipinski definition) is 9. The third-order valence-corrected chi connectivity index (χ3v) is 7.39. The zero-order chi connectivity index (χ0) is 23.8. The van der Waals surface area contributed by atoms with Crippen LogP contribution in [0.25, 0.3) is 16.7 Å². The maximum absolute atomic E-state index is 12.8. The second kappa shape index (κ2) is 8.65. The lowest BCUT2D eigenvalue weighted by Gasteiger charge is -2.09. The number of anilines is 2. The summed E-state index contributed by atoms with van der Waals surface area (Å²) < 4.78 is 27.1. The summed E-state index contributed by atoms with van der Waals surface area (Å²) in [5, 5.41) is 5.39. The van der Waals surface area contributed by atoms with Gasteiger partial charge in [0, 0.05) is 12.7 Å². The highest BCUT2D eigenvalue weighted by atomic mass is 35.5. The number of sulfonamides is 1. The fourth-order valence-electron chi connectivity index (χ4n) is 2.84. The third-order valence-electron chi connectivity index (χ3n) is 4.34. The first-order chi connectivity index (χ1) is 15.7. The third kappa shape index (κ3) is 4.57. The van der Waals surface area contributed by atoms with Crippen molar-refractivity contribution in [3.63, 3.8) is 0 Å². The van der Waals surface area contributed by atoms with E-state index in [0.29, 0.717) is 11.2 Å². The lowest BCUT2D eigenvalue weighted by molar-refractivity contribution is 0.256. The van der Waals surface area contributed by atoms with E-state index in [4.69, 9.17) is 11.6 Å². The van der Waals surface area contributed by atoms with Crippen LogP contribution in [0.15, 0.2) is 56.5 Å². The number of aromatic nitrogens is 4. The number of halogens is 1. The first-order valence-corrected chi connectivity index (χ1v) is 11.7. The molecule has 4 N–H and O–H groups in total. The molecule has 0 bridgehead atoms. The van der Waals surface area contributed by atoms with Crippen LogP contribution < -0.4 is 26.6 Å². The minimum absolute atomic E-state index is 0.0901. The summed E-state index contributed by atoms with van der Waals surface area (Å²) in [4.78, 5) is 47.8. The van der Waals surface area contributed by atoms with Crippen molar-refractivity contribution < 1.29 is 13.2 Å². The molecule has 3 aromatic heterocycles. The van der Waals surface area contributed by atoms with Gasteiger partial charge in [-0.3, -0.25) is 10.1 Å². The number of thiophene rings is 1. The van der Waals surface area contributed by atoms with Crippen molar-refractivity contribution in [3.8, 4) is 5.82 Å². The van der Waals surface area contributed by atoms with Gasteiger partial charge in [0.2, 0.25) is 0 Å². The maximum Gasteiger partial charge on any atom is 0.334 e. The molecule has 3 heterocycles. The van der Waals surface area contributed by atoms with Crippen LogP contribution in [0.2, 0.25) is 4.34 Å². The monoisotopic (exact) mass is 507 g/mol. The van der Waals surface area contributed by atoms with Crippen molar-refractivity contribution in [2.75, 3.05) is 17.7 Å². The highest BCUT2D eigenvalue weighted by molar-refractivity contribution is 7.92. The van der Waals surface area contributed by atoms with Crippen molar-refractivity contribution in [2.45, 2.75) is 4.21 Å². The van der Waals surface area contributed by atoms with Gasteiger partial charge in [0.1, 0.15) is 4.21 Å². The van der Waals surface area contributed by atoms with Crippen LogP contribution in [-0.4, -0.2) is 41.0 Å². The first-order valence-electron chi connectivity index (χ1n) is 9.06. The number of nitrogens with zero attached hydrogens (tertiary/aromatic N) is 3. The van der Waals surface area contributed by atoms with Gasteiger partial charge < -0.3 is 10.3 Å². The number of rotatable bonds is 5. The zero-order valence-electron chi connectivity index (χ0n) is 16.6. The fourth-order valence-corrected chi connectivity index (χ4v) is 5.23. The van der Waals surface area contributed by atoms with Crippen molar-refractivity contribution in [2.24, 2.45) is 0 Å². The van der Waals surface area contributed by atoms with Gasteiger partial charge in [-0.25, -0.2) is 37.3 Å². The molecule has 4 aromatic rings. The number of nitrogens with one attached hydrogen (secondary N) is 4. The van der Waals surface area contributed by atoms with Gasteiger partial charge in [0.15, 0.2) is 11.6 Å². The molecule has 0 aliphatic carbocycles. The number of carbonyl (C=O) groups is 1. The van der Waals surface area contributed by atoms with Gasteiger partial charge in [-0.1, -0.05) is 11.6 Å². The van der Waals surface area contributed by atoms with E-state index < -0.39 is 27.3 Å². The number of amides is 2. The standard InChI is InChI=1S/C18H14ClN7O5S2/c1-20-9-2-3-10-11(6-9)23-18(29)26(16(10)27)14-8-21-13(7-22-14)24-17(28)25-33(30,31)15-5-4-12(19)32-15/h2-8,20H,1H3,(H,23,29)(H2,21,24,25,28). The second-order valence-electron chi connectivity index (χ2n) is 6.46. The lowest BCUT2D eigenvalue weighted by atomic mass is 10.2. The number of H-pyrrole nitrogens is 1. The van der Waals surface area contributed by atoms with Crippen LogP contribution in [0.4, 0.5) is 16.3 Å². The predicted octanol–water partition coefficient (Wildman–Crippen LogP) is 1.74. The predicted molar refractivity (Wildman–Crippen MR) is 124 cm³/mol. The summed E-state index contributed by atoms with van der Waals surface area (Å²) in [5.41, 5.74) is -0.267. The Bertz CT molecular complexity index is 1590. The van der Waals surface area contributed by atoms with Crippen LogP contribution in [0.3, 0.4) is 0 Å². The summed E-state index contributed by atoms with van der Waals surface area (Å²) >= 11 is 6.51. The number of urea groups is 1. The van der Waals surface area contributed by atoms with Crippen LogP contribution in [0, 0.1) is 0 Å².